The van der Waals surface area contributed by atoms with Crippen molar-refractivity contribution in [1.82, 2.24) is 10.3 Å². The fourth-order valence-electron chi connectivity index (χ4n) is 4.88. The number of benzene rings is 2. The molecular weight excluding hydrogens is 552 g/mol. The van der Waals surface area contributed by atoms with Crippen molar-refractivity contribution >= 4 is 50.9 Å². The zero-order valence-corrected chi connectivity index (χ0v) is 22.8. The normalized spacial score (nSPS) is 16.6. The van der Waals surface area contributed by atoms with Crippen molar-refractivity contribution in [2.75, 3.05) is 47.6 Å². The van der Waals surface area contributed by atoms with Crippen LogP contribution < -0.4 is 20.9 Å². The van der Waals surface area contributed by atoms with Gasteiger partial charge >= 0.3 is 0 Å². The number of rotatable bonds is 10. The van der Waals surface area contributed by atoms with Crippen LogP contribution in [-0.2, 0) is 19.4 Å². The third-order valence-electron chi connectivity index (χ3n) is 6.80. The zero-order valence-electron chi connectivity index (χ0n) is 22.0. The number of pyridine rings is 1. The highest BCUT2D eigenvalue weighted by atomic mass is 32.2. The summed E-state index contributed by atoms with van der Waals surface area (Å²) in [6.45, 7) is 6.35. The largest absolute Gasteiger partial charge is 0.378 e. The van der Waals surface area contributed by atoms with Crippen molar-refractivity contribution < 1.29 is 26.7 Å². The second-order valence-corrected chi connectivity index (χ2v) is 11.5. The van der Waals surface area contributed by atoms with Gasteiger partial charge in [-0.05, 0) is 60.3 Å². The molecule has 2 aromatic carbocycles. The van der Waals surface area contributed by atoms with Gasteiger partial charge in [0.2, 0.25) is 0 Å². The Kier molecular flexibility index (Phi) is 8.31. The van der Waals surface area contributed by atoms with E-state index in [1.807, 2.05) is 24.3 Å². The van der Waals surface area contributed by atoms with Gasteiger partial charge in [0.05, 0.1) is 29.4 Å². The molecule has 1 saturated heterocycles. The molecule has 1 aromatic heterocycles. The number of hydrogen-bond donors (Lipinski definition) is 3. The van der Waals surface area contributed by atoms with Crippen LogP contribution in [0.25, 0.3) is 6.08 Å². The number of halogens is 2. The number of ether oxygens (including phenoxy) is 1. The SMILES string of the molecule is C=CCS(=O)(=O)c1cccc(Nc2cc3c(c(Nc4ccc(N5CCOCC5)cc4)n2)C(C=O)NC=C3)c1C(F)F. The monoisotopic (exact) mass is 581 g/mol. The molecule has 2 aliphatic heterocycles. The van der Waals surface area contributed by atoms with Crippen molar-refractivity contribution in [2.45, 2.75) is 17.4 Å². The number of carbonyl (C=O) groups is 1. The average Bonchev–Trinajstić information content (AvgIpc) is 2.97. The summed E-state index contributed by atoms with van der Waals surface area (Å²) in [6.07, 6.45) is 2.21. The summed E-state index contributed by atoms with van der Waals surface area (Å²) in [6, 6.07) is 12.6. The predicted octanol–water partition coefficient (Wildman–Crippen LogP) is 5.12. The van der Waals surface area contributed by atoms with Crippen LogP contribution >= 0.6 is 0 Å². The minimum atomic E-state index is -4.03. The van der Waals surface area contributed by atoms with Crippen molar-refractivity contribution in [2.24, 2.45) is 0 Å². The molecule has 1 unspecified atom stereocenters. The molecule has 0 amide bonds. The summed E-state index contributed by atoms with van der Waals surface area (Å²) >= 11 is 0. The highest BCUT2D eigenvalue weighted by Gasteiger charge is 2.27. The summed E-state index contributed by atoms with van der Waals surface area (Å²) in [5, 5.41) is 9.14. The number of alkyl halides is 2. The van der Waals surface area contributed by atoms with Crippen LogP contribution in [-0.4, -0.2) is 51.7 Å². The molecule has 2 aliphatic rings. The number of aldehydes is 1. The maximum absolute atomic E-state index is 14.2. The molecule has 5 rings (SSSR count). The molecule has 0 bridgehead atoms. The number of sulfone groups is 1. The van der Waals surface area contributed by atoms with Crippen LogP contribution in [0.15, 0.2) is 72.3 Å². The van der Waals surface area contributed by atoms with Crippen molar-refractivity contribution in [3.63, 3.8) is 0 Å². The molecule has 214 valence electrons. The van der Waals surface area contributed by atoms with Crippen LogP contribution in [0.4, 0.5) is 37.5 Å². The first-order valence-corrected chi connectivity index (χ1v) is 14.6. The number of aromatic nitrogens is 1. The van der Waals surface area contributed by atoms with E-state index in [1.54, 1.807) is 18.3 Å². The van der Waals surface area contributed by atoms with Gasteiger partial charge in [-0.15, -0.1) is 6.58 Å². The summed E-state index contributed by atoms with van der Waals surface area (Å²) in [7, 11) is -4.03. The minimum Gasteiger partial charge on any atom is -0.378 e. The lowest BCUT2D eigenvalue weighted by atomic mass is 9.99. The van der Waals surface area contributed by atoms with E-state index in [1.165, 1.54) is 12.1 Å². The molecule has 0 spiro atoms. The molecule has 0 saturated carbocycles. The van der Waals surface area contributed by atoms with E-state index in [0.29, 0.717) is 35.8 Å². The Labute approximate surface area is 236 Å². The quantitative estimate of drug-likeness (QED) is 0.222. The van der Waals surface area contributed by atoms with Gasteiger partial charge in [0.1, 0.15) is 24.0 Å². The number of fused-ring (bicyclic) bond motifs is 1. The molecule has 0 radical (unpaired) electrons. The average molecular weight is 582 g/mol. The lowest BCUT2D eigenvalue weighted by molar-refractivity contribution is -0.109. The predicted molar refractivity (Wildman–Crippen MR) is 155 cm³/mol. The standard InChI is InChI=1S/C29H29F2N5O4S/c1-2-16-41(38,39)24-5-3-4-22(27(24)28(30)31)34-25-17-19-10-11-32-23(18-37)26(19)29(35-25)33-20-6-8-21(9-7-20)36-12-14-40-15-13-36/h2-11,17-18,23,28,32H,1,12-16H2,(H2,33,34,35). The Balaban J connectivity index is 1.52. The van der Waals surface area contributed by atoms with Crippen LogP contribution in [0.5, 0.6) is 0 Å². The molecule has 3 aromatic rings. The van der Waals surface area contributed by atoms with E-state index in [4.69, 9.17) is 4.74 Å². The lowest BCUT2D eigenvalue weighted by Crippen LogP contribution is -2.36. The van der Waals surface area contributed by atoms with Crippen LogP contribution in [0.1, 0.15) is 29.2 Å². The van der Waals surface area contributed by atoms with Crippen LogP contribution in [0, 0.1) is 0 Å². The summed E-state index contributed by atoms with van der Waals surface area (Å²) < 4.78 is 59.3. The van der Waals surface area contributed by atoms with E-state index >= 15 is 0 Å². The van der Waals surface area contributed by atoms with Gasteiger partial charge in [-0.1, -0.05) is 12.1 Å². The zero-order chi connectivity index (χ0) is 29.0. The highest BCUT2D eigenvalue weighted by Crippen LogP contribution is 2.38. The van der Waals surface area contributed by atoms with E-state index in [-0.39, 0.29) is 11.5 Å². The molecule has 3 N–H and O–H groups in total. The molecule has 0 aliphatic carbocycles. The van der Waals surface area contributed by atoms with Crippen LogP contribution in [0.2, 0.25) is 0 Å². The fraction of sp³-hybridized carbons (Fsp3) is 0.241. The molecule has 3 heterocycles. The third-order valence-corrected chi connectivity index (χ3v) is 8.50. The van der Waals surface area contributed by atoms with Crippen molar-refractivity contribution in [3.05, 3.63) is 84.1 Å². The number of nitrogens with zero attached hydrogens (tertiary/aromatic N) is 2. The number of morpholine rings is 1. The first-order chi connectivity index (χ1) is 19.8. The second-order valence-electron chi connectivity index (χ2n) is 9.46. The number of nitrogens with one attached hydrogen (secondary N) is 3. The van der Waals surface area contributed by atoms with E-state index in [2.05, 4.69) is 32.4 Å². The second kappa shape index (κ2) is 12.1. The Morgan fingerprint density at radius 1 is 1.15 bits per heavy atom. The van der Waals surface area contributed by atoms with E-state index in [9.17, 15) is 22.0 Å². The molecule has 12 heteroatoms. The first kappa shape index (κ1) is 28.2. The van der Waals surface area contributed by atoms with Gasteiger partial charge in [0.25, 0.3) is 6.43 Å². The topological polar surface area (TPSA) is 113 Å². The smallest absolute Gasteiger partial charge is 0.267 e. The minimum absolute atomic E-state index is 0.0942. The third kappa shape index (κ3) is 6.08. The van der Waals surface area contributed by atoms with E-state index < -0.39 is 38.5 Å². The van der Waals surface area contributed by atoms with Gasteiger partial charge in [0.15, 0.2) is 9.84 Å². The van der Waals surface area contributed by atoms with Crippen molar-refractivity contribution in [1.29, 1.82) is 0 Å². The number of anilines is 5. The molecular formula is C29H29F2N5O4S. The molecule has 1 fully saturated rings. The maximum Gasteiger partial charge on any atom is 0.267 e. The van der Waals surface area contributed by atoms with Gasteiger partial charge in [0, 0.05) is 35.7 Å². The summed E-state index contributed by atoms with van der Waals surface area (Å²) in [5.41, 5.74) is 2.24. The van der Waals surface area contributed by atoms with E-state index in [0.717, 1.165) is 37.2 Å². The van der Waals surface area contributed by atoms with Gasteiger partial charge < -0.3 is 30.4 Å². The number of carbonyl (C=O) groups excluding carboxylic acids is 1. The first-order valence-electron chi connectivity index (χ1n) is 12.9. The Morgan fingerprint density at radius 3 is 2.59 bits per heavy atom. The Morgan fingerprint density at radius 2 is 1.90 bits per heavy atom. The van der Waals surface area contributed by atoms with Gasteiger partial charge in [-0.2, -0.15) is 0 Å². The highest BCUT2D eigenvalue weighted by molar-refractivity contribution is 7.91. The summed E-state index contributed by atoms with van der Waals surface area (Å²) in [5.74, 6) is 0.0518. The lowest BCUT2D eigenvalue weighted by Gasteiger charge is -2.29. The molecule has 41 heavy (non-hydrogen) atoms. The fourth-order valence-corrected chi connectivity index (χ4v) is 6.19. The van der Waals surface area contributed by atoms with Gasteiger partial charge in [-0.25, -0.2) is 22.2 Å². The Bertz CT molecular complexity index is 1570. The molecule has 1 atom stereocenters. The molecule has 9 nitrogen and oxygen atoms in total. The summed E-state index contributed by atoms with van der Waals surface area (Å²) in [4.78, 5) is 18.3. The number of hydrogen-bond acceptors (Lipinski definition) is 9. The maximum atomic E-state index is 14.2. The van der Waals surface area contributed by atoms with Crippen LogP contribution in [0.3, 0.4) is 0 Å². The van der Waals surface area contributed by atoms with Gasteiger partial charge in [-0.3, -0.25) is 0 Å². The van der Waals surface area contributed by atoms with Crippen molar-refractivity contribution in [3.8, 4) is 0 Å². The Hall–Kier alpha value is -4.29.